The molecule has 0 atom stereocenters. The Morgan fingerprint density at radius 3 is 2.06 bits per heavy atom. The Hall–Kier alpha value is -2.23. The largest absolute Gasteiger partial charge is 0.269 e. The number of fused-ring (bicyclic) bond motifs is 1. The third-order valence-corrected chi connectivity index (χ3v) is 2.32. The van der Waals surface area contributed by atoms with Gasteiger partial charge in [0.1, 0.15) is 0 Å². The van der Waals surface area contributed by atoms with Crippen LogP contribution in [0.2, 0.25) is 0 Å². The summed E-state index contributed by atoms with van der Waals surface area (Å²) in [6, 6.07) is 6.40. The van der Waals surface area contributed by atoms with E-state index in [1.165, 1.54) is 12.2 Å². The number of nitrogens with zero attached hydrogens (tertiary/aromatic N) is 1. The van der Waals surface area contributed by atoms with Gasteiger partial charge in [0.2, 0.25) is 0 Å². The van der Waals surface area contributed by atoms with Gasteiger partial charge in [-0.2, -0.15) is 0 Å². The van der Waals surface area contributed by atoms with Gasteiger partial charge in [-0.3, -0.25) is 14.4 Å². The summed E-state index contributed by atoms with van der Waals surface area (Å²) in [5.41, 5.74) is 0.565. The molecule has 0 radical (unpaired) electrons. The van der Waals surface area contributed by atoms with Crippen molar-refractivity contribution in [2.24, 2.45) is 0 Å². The quantitative estimate of drug-likeness (QED) is 0.525. The number of allylic oxidation sites excluding steroid dienone is 1. The van der Waals surface area contributed by atoms with Gasteiger partial charge in [-0.1, -0.05) is 18.2 Å². The van der Waals surface area contributed by atoms with Crippen LogP contribution in [0.3, 0.4) is 0 Å². The van der Waals surface area contributed by atoms with Crippen LogP contribution in [0.4, 0.5) is 0 Å². The predicted octanol–water partition coefficient (Wildman–Crippen LogP) is 1.39. The van der Waals surface area contributed by atoms with Crippen molar-refractivity contribution < 1.29 is 14.4 Å². The molecule has 0 N–H and O–H groups in total. The van der Waals surface area contributed by atoms with Crippen LogP contribution in [0.1, 0.15) is 27.6 Å². The van der Waals surface area contributed by atoms with Crippen LogP contribution >= 0.6 is 0 Å². The Labute approximate surface area is 92.2 Å². The number of imide groups is 3. The van der Waals surface area contributed by atoms with Crippen LogP contribution in [0.25, 0.3) is 0 Å². The molecule has 0 spiro atoms. The number of carbonyl (C=O) groups excluding carboxylic acids is 3. The fraction of sp³-hybridized carbons (Fsp3) is 0.0833. The monoisotopic (exact) mass is 215 g/mol. The molecule has 1 aromatic carbocycles. The summed E-state index contributed by atoms with van der Waals surface area (Å²) in [6.07, 6.45) is 2.69. The molecule has 80 valence electrons. The number of carbonyl (C=O) groups is 3. The van der Waals surface area contributed by atoms with Gasteiger partial charge in [0.15, 0.2) is 0 Å². The van der Waals surface area contributed by atoms with Crippen molar-refractivity contribution in [1.29, 1.82) is 0 Å². The van der Waals surface area contributed by atoms with Crippen molar-refractivity contribution >= 4 is 17.7 Å². The highest BCUT2D eigenvalue weighted by Crippen LogP contribution is 2.22. The van der Waals surface area contributed by atoms with Crippen molar-refractivity contribution in [1.82, 2.24) is 4.90 Å². The summed E-state index contributed by atoms with van der Waals surface area (Å²) in [5, 5.41) is 0. The Kier molecular flexibility index (Phi) is 2.40. The van der Waals surface area contributed by atoms with Crippen LogP contribution in [0, 0.1) is 0 Å². The molecule has 1 aromatic rings. The van der Waals surface area contributed by atoms with Crippen molar-refractivity contribution in [3.63, 3.8) is 0 Å². The van der Waals surface area contributed by atoms with E-state index >= 15 is 0 Å². The molecule has 3 amide bonds. The average Bonchev–Trinajstić information content (AvgIpc) is 2.53. The highest BCUT2D eigenvalue weighted by molar-refractivity contribution is 6.30. The van der Waals surface area contributed by atoms with E-state index in [1.807, 2.05) is 0 Å². The molecule has 0 fully saturated rings. The first-order valence-electron chi connectivity index (χ1n) is 4.81. The molecule has 4 heteroatoms. The molecule has 1 aliphatic rings. The van der Waals surface area contributed by atoms with Gasteiger partial charge in [0.05, 0.1) is 11.1 Å². The molecule has 2 rings (SSSR count). The lowest BCUT2D eigenvalue weighted by atomic mass is 10.1. The standard InChI is InChI=1S/C12H9NO3/c1-2-5-10(14)13-11(15)8-6-3-4-7-9(8)12(13)16/h2-7H,1H3. The van der Waals surface area contributed by atoms with Crippen molar-refractivity contribution in [2.75, 3.05) is 0 Å². The molecule has 0 aromatic heterocycles. The molecule has 4 nitrogen and oxygen atoms in total. The third-order valence-electron chi connectivity index (χ3n) is 2.32. The number of hydrogen-bond donors (Lipinski definition) is 0. The second-order valence-corrected chi connectivity index (χ2v) is 3.33. The van der Waals surface area contributed by atoms with Gasteiger partial charge >= 0.3 is 0 Å². The van der Waals surface area contributed by atoms with E-state index in [0.717, 1.165) is 0 Å². The van der Waals surface area contributed by atoms with E-state index in [-0.39, 0.29) is 11.1 Å². The summed E-state index contributed by atoms with van der Waals surface area (Å²) >= 11 is 0. The van der Waals surface area contributed by atoms with Gasteiger partial charge in [-0.25, -0.2) is 4.90 Å². The van der Waals surface area contributed by atoms with Crippen LogP contribution < -0.4 is 0 Å². The van der Waals surface area contributed by atoms with Gasteiger partial charge in [0, 0.05) is 0 Å². The highest BCUT2D eigenvalue weighted by Gasteiger charge is 2.38. The molecule has 0 unspecified atom stereocenters. The predicted molar refractivity (Wildman–Crippen MR) is 56.8 cm³/mol. The first-order valence-corrected chi connectivity index (χ1v) is 4.81. The molecule has 0 aliphatic carbocycles. The summed E-state index contributed by atoms with van der Waals surface area (Å²) < 4.78 is 0. The molecular weight excluding hydrogens is 206 g/mol. The summed E-state index contributed by atoms with van der Waals surface area (Å²) in [6.45, 7) is 1.65. The minimum absolute atomic E-state index is 0.283. The van der Waals surface area contributed by atoms with E-state index in [4.69, 9.17) is 0 Å². The second-order valence-electron chi connectivity index (χ2n) is 3.33. The number of amides is 3. The van der Waals surface area contributed by atoms with E-state index < -0.39 is 17.7 Å². The molecule has 0 bridgehead atoms. The number of hydrogen-bond acceptors (Lipinski definition) is 3. The maximum absolute atomic E-state index is 11.8. The Morgan fingerprint density at radius 1 is 1.12 bits per heavy atom. The molecule has 16 heavy (non-hydrogen) atoms. The topological polar surface area (TPSA) is 54.5 Å². The normalized spacial score (nSPS) is 14.7. The van der Waals surface area contributed by atoms with Crippen molar-refractivity contribution in [3.05, 3.63) is 47.5 Å². The van der Waals surface area contributed by atoms with Crippen molar-refractivity contribution in [3.8, 4) is 0 Å². The SMILES string of the molecule is CC=CC(=O)N1C(=O)c2ccccc2C1=O. The van der Waals surface area contributed by atoms with Crippen LogP contribution in [-0.2, 0) is 4.79 Å². The lowest BCUT2D eigenvalue weighted by Gasteiger charge is -2.07. The molecule has 1 aliphatic heterocycles. The lowest BCUT2D eigenvalue weighted by molar-refractivity contribution is -0.121. The molecule has 1 heterocycles. The van der Waals surface area contributed by atoms with E-state index in [1.54, 1.807) is 31.2 Å². The maximum Gasteiger partial charge on any atom is 0.268 e. The van der Waals surface area contributed by atoms with Crippen LogP contribution in [0.5, 0.6) is 0 Å². The van der Waals surface area contributed by atoms with Gasteiger partial charge in [0.25, 0.3) is 17.7 Å². The van der Waals surface area contributed by atoms with Gasteiger partial charge in [-0.15, -0.1) is 0 Å². The summed E-state index contributed by atoms with van der Waals surface area (Å²) in [4.78, 5) is 35.7. The van der Waals surface area contributed by atoms with Crippen LogP contribution in [0.15, 0.2) is 36.4 Å². The smallest absolute Gasteiger partial charge is 0.268 e. The maximum atomic E-state index is 11.8. The zero-order valence-corrected chi connectivity index (χ0v) is 8.64. The third kappa shape index (κ3) is 1.35. The van der Waals surface area contributed by atoms with Gasteiger partial charge in [-0.05, 0) is 25.1 Å². The zero-order chi connectivity index (χ0) is 11.7. The number of rotatable bonds is 1. The lowest BCUT2D eigenvalue weighted by Crippen LogP contribution is -2.34. The summed E-state index contributed by atoms with van der Waals surface area (Å²) in [5.74, 6) is -1.71. The molecule has 0 saturated heterocycles. The fourth-order valence-electron chi connectivity index (χ4n) is 1.61. The van der Waals surface area contributed by atoms with Crippen LogP contribution in [-0.4, -0.2) is 22.6 Å². The van der Waals surface area contributed by atoms with Gasteiger partial charge < -0.3 is 0 Å². The minimum Gasteiger partial charge on any atom is -0.269 e. The minimum atomic E-state index is -0.603. The summed E-state index contributed by atoms with van der Waals surface area (Å²) in [7, 11) is 0. The highest BCUT2D eigenvalue weighted by atomic mass is 16.2. The molecular formula is C12H9NO3. The Morgan fingerprint density at radius 2 is 1.62 bits per heavy atom. The van der Waals surface area contributed by atoms with Crippen molar-refractivity contribution in [2.45, 2.75) is 6.92 Å². The second kappa shape index (κ2) is 3.73. The number of benzene rings is 1. The fourth-order valence-corrected chi connectivity index (χ4v) is 1.61. The first-order chi connectivity index (χ1) is 7.66. The molecule has 0 saturated carbocycles. The Bertz CT molecular complexity index is 482. The Balaban J connectivity index is 2.46. The zero-order valence-electron chi connectivity index (χ0n) is 8.64. The van der Waals surface area contributed by atoms with E-state index in [9.17, 15) is 14.4 Å². The first kappa shape index (κ1) is 10.3. The average molecular weight is 215 g/mol. The van der Waals surface area contributed by atoms with E-state index in [2.05, 4.69) is 0 Å². The van der Waals surface area contributed by atoms with E-state index in [0.29, 0.717) is 4.90 Å².